The number of hydrogen-bond donors (Lipinski definition) is 2. The van der Waals surface area contributed by atoms with Gasteiger partial charge in [-0.2, -0.15) is 0 Å². The summed E-state index contributed by atoms with van der Waals surface area (Å²) < 4.78 is 4.54. The predicted molar refractivity (Wildman–Crippen MR) is 50.6 cm³/mol. The number of esters is 1. The van der Waals surface area contributed by atoms with Crippen molar-refractivity contribution in [3.8, 4) is 0 Å². The quantitative estimate of drug-likeness (QED) is 0.637. The molecule has 0 aliphatic heterocycles. The van der Waals surface area contributed by atoms with E-state index in [9.17, 15) is 9.59 Å². The number of methoxy groups -OCH3 is 1. The molecule has 0 saturated heterocycles. The number of nitrogens with two attached hydrogens (primary N) is 1. The summed E-state index contributed by atoms with van der Waals surface area (Å²) in [5.74, 6) is -0.551. The van der Waals surface area contributed by atoms with Gasteiger partial charge in [-0.3, -0.25) is 4.79 Å². The van der Waals surface area contributed by atoms with Crippen LogP contribution in [0.2, 0.25) is 0 Å². The normalized spacial score (nSPS) is 14.5. The highest BCUT2D eigenvalue weighted by Gasteiger charge is 2.31. The molecule has 0 amide bonds. The lowest BCUT2D eigenvalue weighted by Gasteiger charge is -2.21. The SMILES string of the molecule is COC(=O)[C@](C)(N)c1ccc(=O)[nH]c1. The number of pyridine rings is 1. The molecule has 1 atom stereocenters. The van der Waals surface area contributed by atoms with Crippen LogP contribution < -0.4 is 11.3 Å². The van der Waals surface area contributed by atoms with E-state index in [1.807, 2.05) is 0 Å². The lowest BCUT2D eigenvalue weighted by molar-refractivity contribution is -0.146. The molecule has 0 fully saturated rings. The minimum Gasteiger partial charge on any atom is -0.467 e. The number of aromatic nitrogens is 1. The Balaban J connectivity index is 3.09. The van der Waals surface area contributed by atoms with Gasteiger partial charge in [0.15, 0.2) is 0 Å². The van der Waals surface area contributed by atoms with Gasteiger partial charge in [0.25, 0.3) is 0 Å². The Morgan fingerprint density at radius 1 is 1.57 bits per heavy atom. The van der Waals surface area contributed by atoms with Crippen LogP contribution in [0.3, 0.4) is 0 Å². The fourth-order valence-corrected chi connectivity index (χ4v) is 1.06. The monoisotopic (exact) mass is 196 g/mol. The van der Waals surface area contributed by atoms with E-state index in [1.54, 1.807) is 0 Å². The molecular formula is C9H12N2O3. The van der Waals surface area contributed by atoms with Gasteiger partial charge in [0.1, 0.15) is 5.54 Å². The molecule has 0 unspecified atom stereocenters. The Bertz CT molecular complexity index is 375. The molecule has 76 valence electrons. The molecule has 0 aromatic carbocycles. The maximum absolute atomic E-state index is 11.3. The highest BCUT2D eigenvalue weighted by atomic mass is 16.5. The number of hydrogen-bond acceptors (Lipinski definition) is 4. The molecule has 5 heteroatoms. The Labute approximate surface area is 80.9 Å². The largest absolute Gasteiger partial charge is 0.467 e. The molecule has 0 aliphatic carbocycles. The highest BCUT2D eigenvalue weighted by Crippen LogP contribution is 2.16. The van der Waals surface area contributed by atoms with Crippen molar-refractivity contribution < 1.29 is 9.53 Å². The molecule has 14 heavy (non-hydrogen) atoms. The molecule has 0 saturated carbocycles. The molecule has 0 bridgehead atoms. The number of carbonyl (C=O) groups excluding carboxylic acids is 1. The van der Waals surface area contributed by atoms with E-state index in [1.165, 1.54) is 32.4 Å². The maximum atomic E-state index is 11.3. The van der Waals surface area contributed by atoms with Gasteiger partial charge in [-0.1, -0.05) is 0 Å². The van der Waals surface area contributed by atoms with Gasteiger partial charge < -0.3 is 15.5 Å². The van der Waals surface area contributed by atoms with Crippen LogP contribution in [0.25, 0.3) is 0 Å². The second-order valence-electron chi connectivity index (χ2n) is 3.14. The van der Waals surface area contributed by atoms with E-state index in [0.29, 0.717) is 5.56 Å². The summed E-state index contributed by atoms with van der Waals surface area (Å²) in [6, 6.07) is 2.80. The zero-order valence-electron chi connectivity index (χ0n) is 8.03. The van der Waals surface area contributed by atoms with Gasteiger partial charge in [-0.05, 0) is 18.6 Å². The van der Waals surface area contributed by atoms with Crippen molar-refractivity contribution in [2.75, 3.05) is 7.11 Å². The lowest BCUT2D eigenvalue weighted by Crippen LogP contribution is -2.43. The lowest BCUT2D eigenvalue weighted by atomic mass is 9.95. The zero-order valence-corrected chi connectivity index (χ0v) is 8.03. The predicted octanol–water partition coefficient (Wildman–Crippen LogP) is -0.278. The van der Waals surface area contributed by atoms with Crippen LogP contribution in [-0.4, -0.2) is 18.1 Å². The first kappa shape index (κ1) is 10.5. The molecular weight excluding hydrogens is 184 g/mol. The van der Waals surface area contributed by atoms with E-state index in [0.717, 1.165) is 0 Å². The standard InChI is InChI=1S/C9H12N2O3/c1-9(10,8(13)14-2)6-3-4-7(12)11-5-6/h3-5H,10H2,1-2H3,(H,11,12)/t9-/m1/s1. The van der Waals surface area contributed by atoms with Crippen LogP contribution in [0.4, 0.5) is 0 Å². The van der Waals surface area contributed by atoms with E-state index in [2.05, 4.69) is 9.72 Å². The topological polar surface area (TPSA) is 85.2 Å². The van der Waals surface area contributed by atoms with Crippen molar-refractivity contribution >= 4 is 5.97 Å². The fraction of sp³-hybridized carbons (Fsp3) is 0.333. The van der Waals surface area contributed by atoms with Crippen molar-refractivity contribution in [3.05, 3.63) is 34.2 Å². The third-order valence-corrected chi connectivity index (χ3v) is 1.99. The minimum absolute atomic E-state index is 0.241. The third-order valence-electron chi connectivity index (χ3n) is 1.99. The number of nitrogens with one attached hydrogen (secondary N) is 1. The van der Waals surface area contributed by atoms with E-state index in [-0.39, 0.29) is 5.56 Å². The highest BCUT2D eigenvalue weighted by molar-refractivity contribution is 5.81. The van der Waals surface area contributed by atoms with Crippen LogP contribution >= 0.6 is 0 Å². The van der Waals surface area contributed by atoms with Gasteiger partial charge in [0.2, 0.25) is 5.56 Å². The van der Waals surface area contributed by atoms with Crippen molar-refractivity contribution in [1.82, 2.24) is 4.98 Å². The van der Waals surface area contributed by atoms with E-state index < -0.39 is 11.5 Å². The maximum Gasteiger partial charge on any atom is 0.330 e. The van der Waals surface area contributed by atoms with E-state index >= 15 is 0 Å². The van der Waals surface area contributed by atoms with Crippen LogP contribution in [0.1, 0.15) is 12.5 Å². The molecule has 0 spiro atoms. The van der Waals surface area contributed by atoms with Crippen LogP contribution in [0.5, 0.6) is 0 Å². The first-order valence-electron chi connectivity index (χ1n) is 4.05. The van der Waals surface area contributed by atoms with Crippen molar-refractivity contribution in [1.29, 1.82) is 0 Å². The fourth-order valence-electron chi connectivity index (χ4n) is 1.06. The van der Waals surface area contributed by atoms with Gasteiger partial charge in [0.05, 0.1) is 7.11 Å². The first-order valence-corrected chi connectivity index (χ1v) is 4.05. The Hall–Kier alpha value is -1.62. The van der Waals surface area contributed by atoms with Gasteiger partial charge in [0, 0.05) is 12.3 Å². The summed E-state index contributed by atoms with van der Waals surface area (Å²) in [6.07, 6.45) is 1.40. The minimum atomic E-state index is -1.24. The second kappa shape index (κ2) is 3.63. The number of carbonyl (C=O) groups is 1. The third kappa shape index (κ3) is 1.82. The summed E-state index contributed by atoms with van der Waals surface area (Å²) in [5.41, 5.74) is 4.77. The number of H-pyrrole nitrogens is 1. The summed E-state index contributed by atoms with van der Waals surface area (Å²) in [6.45, 7) is 1.52. The molecule has 1 aromatic heterocycles. The van der Waals surface area contributed by atoms with Crippen LogP contribution in [0, 0.1) is 0 Å². The molecule has 1 aromatic rings. The summed E-state index contributed by atoms with van der Waals surface area (Å²) in [5, 5.41) is 0. The molecule has 0 aliphatic rings. The number of rotatable bonds is 2. The van der Waals surface area contributed by atoms with Crippen molar-refractivity contribution in [2.45, 2.75) is 12.5 Å². The van der Waals surface area contributed by atoms with E-state index in [4.69, 9.17) is 5.73 Å². The zero-order chi connectivity index (χ0) is 10.8. The molecule has 1 heterocycles. The Morgan fingerprint density at radius 3 is 2.64 bits per heavy atom. The van der Waals surface area contributed by atoms with Crippen LogP contribution in [-0.2, 0) is 15.1 Å². The summed E-state index contributed by atoms with van der Waals surface area (Å²) in [7, 11) is 1.26. The van der Waals surface area contributed by atoms with Crippen LogP contribution in [0.15, 0.2) is 23.1 Å². The molecule has 5 nitrogen and oxygen atoms in total. The van der Waals surface area contributed by atoms with Gasteiger partial charge in [-0.25, -0.2) is 4.79 Å². The first-order chi connectivity index (χ1) is 6.48. The summed E-state index contributed by atoms with van der Waals surface area (Å²) in [4.78, 5) is 24.5. The smallest absolute Gasteiger partial charge is 0.330 e. The molecule has 1 rings (SSSR count). The number of ether oxygens (including phenoxy) is 1. The van der Waals surface area contributed by atoms with Gasteiger partial charge in [-0.15, -0.1) is 0 Å². The summed E-state index contributed by atoms with van der Waals surface area (Å²) >= 11 is 0. The second-order valence-corrected chi connectivity index (χ2v) is 3.14. The molecule has 3 N–H and O–H groups in total. The Morgan fingerprint density at radius 2 is 2.21 bits per heavy atom. The average Bonchev–Trinajstić information content (AvgIpc) is 2.17. The van der Waals surface area contributed by atoms with Crippen molar-refractivity contribution in [2.24, 2.45) is 5.73 Å². The Kier molecular flexibility index (Phi) is 2.71. The molecule has 0 radical (unpaired) electrons. The number of aromatic amines is 1. The van der Waals surface area contributed by atoms with Gasteiger partial charge >= 0.3 is 5.97 Å². The average molecular weight is 196 g/mol. The van der Waals surface area contributed by atoms with Crippen molar-refractivity contribution in [3.63, 3.8) is 0 Å².